The maximum atomic E-state index is 5.64. The smallest absolute Gasteiger partial charge is 0.119 e. The zero-order chi connectivity index (χ0) is 13.2. The van der Waals surface area contributed by atoms with Crippen molar-refractivity contribution in [1.82, 2.24) is 0 Å². The van der Waals surface area contributed by atoms with Crippen LogP contribution in [0.1, 0.15) is 31.7 Å². The fourth-order valence-corrected chi connectivity index (χ4v) is 1.54. The summed E-state index contributed by atoms with van der Waals surface area (Å²) in [5.74, 6) is 1.49. The summed E-state index contributed by atoms with van der Waals surface area (Å²) in [5, 5.41) is 0. The first-order chi connectivity index (χ1) is 8.74. The van der Waals surface area contributed by atoms with Gasteiger partial charge < -0.3 is 14.2 Å². The minimum absolute atomic E-state index is 0.563. The van der Waals surface area contributed by atoms with Crippen LogP contribution in [0.4, 0.5) is 0 Å². The molecule has 0 radical (unpaired) electrons. The number of benzene rings is 1. The van der Waals surface area contributed by atoms with Crippen molar-refractivity contribution < 1.29 is 14.2 Å². The van der Waals surface area contributed by atoms with Gasteiger partial charge in [0.1, 0.15) is 5.75 Å². The molecule has 0 aliphatic rings. The van der Waals surface area contributed by atoms with E-state index in [1.54, 1.807) is 7.11 Å². The lowest BCUT2D eigenvalue weighted by Gasteiger charge is -2.09. The van der Waals surface area contributed by atoms with Gasteiger partial charge in [-0.2, -0.15) is 0 Å². The van der Waals surface area contributed by atoms with E-state index in [4.69, 9.17) is 14.2 Å². The molecule has 0 aliphatic carbocycles. The molecule has 0 atom stereocenters. The molecule has 3 heteroatoms. The van der Waals surface area contributed by atoms with Crippen LogP contribution in [-0.4, -0.2) is 33.5 Å². The van der Waals surface area contributed by atoms with Crippen LogP contribution in [0.25, 0.3) is 0 Å². The van der Waals surface area contributed by atoms with Crippen LogP contribution in [0.15, 0.2) is 24.3 Å². The number of ether oxygens (including phenoxy) is 3. The van der Waals surface area contributed by atoms with E-state index in [0.717, 1.165) is 12.2 Å². The fourth-order valence-electron chi connectivity index (χ4n) is 1.54. The molecule has 0 bridgehead atoms. The first-order valence-corrected chi connectivity index (χ1v) is 6.53. The van der Waals surface area contributed by atoms with Crippen LogP contribution in [-0.2, 0) is 9.47 Å². The molecule has 0 fully saturated rings. The maximum Gasteiger partial charge on any atom is 0.119 e. The van der Waals surface area contributed by atoms with Gasteiger partial charge in [-0.3, -0.25) is 0 Å². The summed E-state index contributed by atoms with van der Waals surface area (Å²) in [6.07, 6.45) is 0.898. The number of hydrogen-bond donors (Lipinski definition) is 0. The Balaban J connectivity index is 2.12. The molecule has 0 heterocycles. The largest absolute Gasteiger partial charge is 0.494 e. The molecule has 0 amide bonds. The molecular weight excluding hydrogens is 228 g/mol. The number of rotatable bonds is 9. The summed E-state index contributed by atoms with van der Waals surface area (Å²) in [6.45, 7) is 7.08. The molecule has 0 saturated heterocycles. The predicted molar refractivity (Wildman–Crippen MR) is 73.3 cm³/mol. The number of methoxy groups -OCH3 is 1. The summed E-state index contributed by atoms with van der Waals surface area (Å²) in [7, 11) is 1.67. The highest BCUT2D eigenvalue weighted by molar-refractivity contribution is 5.28. The second kappa shape index (κ2) is 8.95. The molecule has 0 aliphatic heterocycles. The van der Waals surface area contributed by atoms with E-state index in [1.165, 1.54) is 5.56 Å². The van der Waals surface area contributed by atoms with Gasteiger partial charge in [0.25, 0.3) is 0 Å². The van der Waals surface area contributed by atoms with Crippen LogP contribution in [0.3, 0.4) is 0 Å². The first kappa shape index (κ1) is 15.0. The third kappa shape index (κ3) is 6.03. The Morgan fingerprint density at radius 1 is 0.944 bits per heavy atom. The van der Waals surface area contributed by atoms with Crippen LogP contribution in [0.5, 0.6) is 5.75 Å². The Bertz CT molecular complexity index is 306. The minimum Gasteiger partial charge on any atom is -0.494 e. The van der Waals surface area contributed by atoms with Crippen molar-refractivity contribution in [2.45, 2.75) is 26.2 Å². The van der Waals surface area contributed by atoms with Crippen molar-refractivity contribution in [2.75, 3.05) is 33.5 Å². The molecule has 0 saturated carbocycles. The van der Waals surface area contributed by atoms with Gasteiger partial charge in [-0.1, -0.05) is 26.0 Å². The second-order valence-electron chi connectivity index (χ2n) is 4.53. The summed E-state index contributed by atoms with van der Waals surface area (Å²) < 4.78 is 15.9. The second-order valence-corrected chi connectivity index (χ2v) is 4.53. The highest BCUT2D eigenvalue weighted by Crippen LogP contribution is 2.18. The van der Waals surface area contributed by atoms with E-state index in [-0.39, 0.29) is 0 Å². The fraction of sp³-hybridized carbons (Fsp3) is 0.600. The van der Waals surface area contributed by atoms with Crippen molar-refractivity contribution in [1.29, 1.82) is 0 Å². The third-order valence-electron chi connectivity index (χ3n) is 2.68. The lowest BCUT2D eigenvalue weighted by Crippen LogP contribution is -2.06. The minimum atomic E-state index is 0.563. The lowest BCUT2D eigenvalue weighted by molar-refractivity contribution is 0.0644. The standard InChI is InChI=1S/C15H24O3/c1-13(2)14-5-7-15(8-6-14)18-10-4-9-17-12-11-16-3/h5-8,13H,4,9-12H2,1-3H3. The van der Waals surface area contributed by atoms with Crippen LogP contribution in [0.2, 0.25) is 0 Å². The van der Waals surface area contributed by atoms with Crippen LogP contribution >= 0.6 is 0 Å². The number of hydrogen-bond acceptors (Lipinski definition) is 3. The van der Waals surface area contributed by atoms with Crippen molar-refractivity contribution in [3.8, 4) is 5.75 Å². The van der Waals surface area contributed by atoms with E-state index in [9.17, 15) is 0 Å². The van der Waals surface area contributed by atoms with E-state index < -0.39 is 0 Å². The molecule has 0 N–H and O–H groups in total. The quantitative estimate of drug-likeness (QED) is 0.631. The Morgan fingerprint density at radius 2 is 1.67 bits per heavy atom. The van der Waals surface area contributed by atoms with Crippen molar-refractivity contribution in [3.05, 3.63) is 29.8 Å². The third-order valence-corrected chi connectivity index (χ3v) is 2.68. The first-order valence-electron chi connectivity index (χ1n) is 6.53. The average Bonchev–Trinajstić information content (AvgIpc) is 2.38. The van der Waals surface area contributed by atoms with Crippen molar-refractivity contribution in [2.24, 2.45) is 0 Å². The van der Waals surface area contributed by atoms with E-state index in [2.05, 4.69) is 26.0 Å². The monoisotopic (exact) mass is 252 g/mol. The van der Waals surface area contributed by atoms with Crippen LogP contribution in [0, 0.1) is 0 Å². The SMILES string of the molecule is COCCOCCCOc1ccc(C(C)C)cc1. The Labute approximate surface area is 110 Å². The highest BCUT2D eigenvalue weighted by atomic mass is 16.5. The molecule has 1 aromatic carbocycles. The molecule has 0 aromatic heterocycles. The zero-order valence-corrected chi connectivity index (χ0v) is 11.6. The zero-order valence-electron chi connectivity index (χ0n) is 11.6. The Morgan fingerprint density at radius 3 is 2.28 bits per heavy atom. The summed E-state index contributed by atoms with van der Waals surface area (Å²) in [5.41, 5.74) is 1.34. The summed E-state index contributed by atoms with van der Waals surface area (Å²) >= 11 is 0. The van der Waals surface area contributed by atoms with E-state index in [1.807, 2.05) is 12.1 Å². The molecule has 1 aromatic rings. The van der Waals surface area contributed by atoms with Gasteiger partial charge in [0.05, 0.1) is 19.8 Å². The molecule has 102 valence electrons. The van der Waals surface area contributed by atoms with Gasteiger partial charge in [-0.15, -0.1) is 0 Å². The van der Waals surface area contributed by atoms with Gasteiger partial charge in [-0.05, 0) is 23.6 Å². The molecule has 1 rings (SSSR count). The van der Waals surface area contributed by atoms with Crippen LogP contribution < -0.4 is 4.74 Å². The van der Waals surface area contributed by atoms with Gasteiger partial charge in [-0.25, -0.2) is 0 Å². The van der Waals surface area contributed by atoms with Gasteiger partial charge in [0, 0.05) is 20.1 Å². The van der Waals surface area contributed by atoms with Gasteiger partial charge in [0.2, 0.25) is 0 Å². The molecule has 18 heavy (non-hydrogen) atoms. The van der Waals surface area contributed by atoms with Gasteiger partial charge in [0.15, 0.2) is 0 Å². The summed E-state index contributed by atoms with van der Waals surface area (Å²) in [4.78, 5) is 0. The lowest BCUT2D eigenvalue weighted by atomic mass is 10.0. The van der Waals surface area contributed by atoms with E-state index >= 15 is 0 Å². The topological polar surface area (TPSA) is 27.7 Å². The Kier molecular flexibility index (Phi) is 7.46. The highest BCUT2D eigenvalue weighted by Gasteiger charge is 1.99. The predicted octanol–water partition coefficient (Wildman–Crippen LogP) is 3.24. The maximum absolute atomic E-state index is 5.64. The van der Waals surface area contributed by atoms with Gasteiger partial charge >= 0.3 is 0 Å². The molecule has 0 unspecified atom stereocenters. The molecule has 0 spiro atoms. The normalized spacial score (nSPS) is 10.9. The summed E-state index contributed by atoms with van der Waals surface area (Å²) in [6, 6.07) is 8.30. The molecular formula is C15H24O3. The molecule has 3 nitrogen and oxygen atoms in total. The van der Waals surface area contributed by atoms with Crippen molar-refractivity contribution in [3.63, 3.8) is 0 Å². The van der Waals surface area contributed by atoms with Crippen molar-refractivity contribution >= 4 is 0 Å². The Hall–Kier alpha value is -1.06. The average molecular weight is 252 g/mol. The van der Waals surface area contributed by atoms with E-state index in [0.29, 0.717) is 32.3 Å².